The van der Waals surface area contributed by atoms with E-state index in [0.717, 1.165) is 22.9 Å². The smallest absolute Gasteiger partial charge is 0.305 e. The summed E-state index contributed by atoms with van der Waals surface area (Å²) >= 11 is 3.37. The number of hydrogen-bond donors (Lipinski definition) is 2. The number of amides is 1. The van der Waals surface area contributed by atoms with Crippen molar-refractivity contribution in [3.8, 4) is 0 Å². The molecule has 0 unspecified atom stereocenters. The zero-order valence-corrected chi connectivity index (χ0v) is 15.3. The molecule has 1 aromatic carbocycles. The summed E-state index contributed by atoms with van der Waals surface area (Å²) in [6, 6.07) is 8.72. The number of aliphatic carboxylic acids is 1. The molecule has 0 bridgehead atoms. The van der Waals surface area contributed by atoms with Gasteiger partial charge in [0.25, 0.3) is 5.91 Å². The van der Waals surface area contributed by atoms with Crippen LogP contribution in [0.3, 0.4) is 0 Å². The summed E-state index contributed by atoms with van der Waals surface area (Å²) in [7, 11) is 0. The van der Waals surface area contributed by atoms with Crippen LogP contribution in [0.5, 0.6) is 0 Å². The first-order valence-electron chi connectivity index (χ1n) is 8.36. The van der Waals surface area contributed by atoms with Gasteiger partial charge in [-0.2, -0.15) is 5.10 Å². The number of carbonyl (C=O) groups is 2. The fourth-order valence-electron chi connectivity index (χ4n) is 3.21. The molecule has 1 heterocycles. The fourth-order valence-corrected chi connectivity index (χ4v) is 3.63. The third-order valence-electron chi connectivity index (χ3n) is 4.47. The van der Waals surface area contributed by atoms with Crippen LogP contribution in [0.15, 0.2) is 41.0 Å². The van der Waals surface area contributed by atoms with E-state index in [1.54, 1.807) is 12.1 Å². The Morgan fingerprint density at radius 3 is 2.76 bits per heavy atom. The van der Waals surface area contributed by atoms with Gasteiger partial charge in [0, 0.05) is 10.7 Å². The molecule has 1 aliphatic rings. The molecule has 1 amide bonds. The first kappa shape index (κ1) is 17.7. The number of nitrogens with zero attached hydrogens (tertiary/aromatic N) is 2. The third-order valence-corrected chi connectivity index (χ3v) is 4.97. The lowest BCUT2D eigenvalue weighted by molar-refractivity contribution is -0.137. The van der Waals surface area contributed by atoms with Gasteiger partial charge in [0.15, 0.2) is 0 Å². The fraction of sp³-hybridized carbons (Fsp3) is 0.389. The van der Waals surface area contributed by atoms with E-state index >= 15 is 0 Å². The lowest BCUT2D eigenvalue weighted by Gasteiger charge is -2.17. The SMILES string of the molecule is O=C(O)C[C@@H](NC(=O)c1ccn(C2CCCC2)n1)c1cccc(Br)c1. The van der Waals surface area contributed by atoms with Gasteiger partial charge in [0.05, 0.1) is 18.5 Å². The molecule has 0 saturated heterocycles. The van der Waals surface area contributed by atoms with Crippen molar-refractivity contribution in [2.24, 2.45) is 0 Å². The van der Waals surface area contributed by atoms with Gasteiger partial charge in [-0.15, -0.1) is 0 Å². The molecule has 1 fully saturated rings. The van der Waals surface area contributed by atoms with Crippen molar-refractivity contribution in [1.82, 2.24) is 15.1 Å². The molecule has 0 aliphatic heterocycles. The van der Waals surface area contributed by atoms with Crippen LogP contribution >= 0.6 is 15.9 Å². The van der Waals surface area contributed by atoms with Crippen molar-refractivity contribution >= 4 is 27.8 Å². The maximum Gasteiger partial charge on any atom is 0.305 e. The third kappa shape index (κ3) is 4.48. The number of carboxylic acid groups (broad SMARTS) is 1. The number of carbonyl (C=O) groups excluding carboxylic acids is 1. The molecule has 0 spiro atoms. The van der Waals surface area contributed by atoms with Gasteiger partial charge >= 0.3 is 5.97 Å². The lowest BCUT2D eigenvalue weighted by Crippen LogP contribution is -2.30. The summed E-state index contributed by atoms with van der Waals surface area (Å²) < 4.78 is 2.69. The maximum absolute atomic E-state index is 12.5. The van der Waals surface area contributed by atoms with Gasteiger partial charge < -0.3 is 10.4 Å². The van der Waals surface area contributed by atoms with E-state index < -0.39 is 12.0 Å². The topological polar surface area (TPSA) is 84.2 Å². The number of halogens is 1. The van der Waals surface area contributed by atoms with Crippen LogP contribution in [0.1, 0.15) is 60.2 Å². The number of carboxylic acids is 1. The normalized spacial score (nSPS) is 15.9. The summed E-state index contributed by atoms with van der Waals surface area (Å²) in [6.07, 6.45) is 6.19. The van der Waals surface area contributed by atoms with Gasteiger partial charge in [0.1, 0.15) is 5.69 Å². The van der Waals surface area contributed by atoms with Crippen LogP contribution in [0, 0.1) is 0 Å². The van der Waals surface area contributed by atoms with E-state index in [4.69, 9.17) is 5.11 Å². The average Bonchev–Trinajstić information content (AvgIpc) is 3.25. The van der Waals surface area contributed by atoms with Gasteiger partial charge in [-0.25, -0.2) is 0 Å². The minimum absolute atomic E-state index is 0.189. The van der Waals surface area contributed by atoms with E-state index in [1.807, 2.05) is 29.1 Å². The molecule has 2 aromatic rings. The van der Waals surface area contributed by atoms with Crippen molar-refractivity contribution < 1.29 is 14.7 Å². The van der Waals surface area contributed by atoms with Crippen LogP contribution in [-0.2, 0) is 4.79 Å². The minimum atomic E-state index is -0.971. The van der Waals surface area contributed by atoms with Crippen molar-refractivity contribution in [3.05, 3.63) is 52.3 Å². The molecule has 1 aromatic heterocycles. The average molecular weight is 406 g/mol. The first-order valence-corrected chi connectivity index (χ1v) is 9.15. The highest BCUT2D eigenvalue weighted by atomic mass is 79.9. The Morgan fingerprint density at radius 2 is 2.08 bits per heavy atom. The highest BCUT2D eigenvalue weighted by Crippen LogP contribution is 2.28. The van der Waals surface area contributed by atoms with Crippen LogP contribution < -0.4 is 5.32 Å². The minimum Gasteiger partial charge on any atom is -0.481 e. The molecule has 132 valence electrons. The Kier molecular flexibility index (Phi) is 5.53. The number of hydrogen-bond acceptors (Lipinski definition) is 3. The number of nitrogens with one attached hydrogen (secondary N) is 1. The molecule has 25 heavy (non-hydrogen) atoms. The van der Waals surface area contributed by atoms with E-state index in [1.165, 1.54) is 12.8 Å². The van der Waals surface area contributed by atoms with Crippen molar-refractivity contribution in [1.29, 1.82) is 0 Å². The van der Waals surface area contributed by atoms with Crippen LogP contribution in [0.2, 0.25) is 0 Å². The van der Waals surface area contributed by atoms with Gasteiger partial charge in [-0.05, 0) is 36.6 Å². The molecule has 2 N–H and O–H groups in total. The van der Waals surface area contributed by atoms with E-state index in [0.29, 0.717) is 11.7 Å². The molecule has 1 saturated carbocycles. The maximum atomic E-state index is 12.5. The molecule has 1 aliphatic carbocycles. The molecule has 3 rings (SSSR count). The summed E-state index contributed by atoms with van der Waals surface area (Å²) in [4.78, 5) is 23.7. The molecule has 6 nitrogen and oxygen atoms in total. The largest absolute Gasteiger partial charge is 0.481 e. The quantitative estimate of drug-likeness (QED) is 0.766. The van der Waals surface area contributed by atoms with Crippen LogP contribution in [0.25, 0.3) is 0 Å². The van der Waals surface area contributed by atoms with E-state index in [9.17, 15) is 9.59 Å². The van der Waals surface area contributed by atoms with Crippen molar-refractivity contribution in [2.45, 2.75) is 44.2 Å². The molecule has 0 radical (unpaired) electrons. The van der Waals surface area contributed by atoms with Crippen molar-refractivity contribution in [2.75, 3.05) is 0 Å². The predicted octanol–water partition coefficient (Wildman–Crippen LogP) is 3.71. The van der Waals surface area contributed by atoms with Gasteiger partial charge in [-0.1, -0.05) is 40.9 Å². The Hall–Kier alpha value is -2.15. The Bertz CT molecular complexity index is 768. The van der Waals surface area contributed by atoms with Gasteiger partial charge in [0.2, 0.25) is 0 Å². The summed E-state index contributed by atoms with van der Waals surface area (Å²) in [6.45, 7) is 0. The lowest BCUT2D eigenvalue weighted by atomic mass is 10.0. The molecule has 1 atom stereocenters. The Morgan fingerprint density at radius 1 is 1.32 bits per heavy atom. The van der Waals surface area contributed by atoms with Crippen LogP contribution in [0.4, 0.5) is 0 Å². The summed E-state index contributed by atoms with van der Waals surface area (Å²) in [5.41, 5.74) is 1.05. The second kappa shape index (κ2) is 7.82. The summed E-state index contributed by atoms with van der Waals surface area (Å²) in [5, 5.41) is 16.3. The highest BCUT2D eigenvalue weighted by Gasteiger charge is 2.22. The number of benzene rings is 1. The summed E-state index contributed by atoms with van der Waals surface area (Å²) in [5.74, 6) is -1.33. The highest BCUT2D eigenvalue weighted by molar-refractivity contribution is 9.10. The van der Waals surface area contributed by atoms with Crippen LogP contribution in [-0.4, -0.2) is 26.8 Å². The molecular weight excluding hydrogens is 386 g/mol. The Balaban J connectivity index is 1.74. The number of rotatable bonds is 6. The van der Waals surface area contributed by atoms with E-state index in [2.05, 4.69) is 26.3 Å². The Labute approximate surface area is 154 Å². The standard InChI is InChI=1S/C18H20BrN3O3/c19-13-5-3-4-12(10-13)16(11-17(23)24)20-18(25)15-8-9-22(21-15)14-6-1-2-7-14/h3-5,8-10,14,16H,1-2,6-7,11H2,(H,20,25)(H,23,24)/t16-/m1/s1. The predicted molar refractivity (Wildman–Crippen MR) is 96.3 cm³/mol. The number of aromatic nitrogens is 2. The molecular formula is C18H20BrN3O3. The van der Waals surface area contributed by atoms with E-state index in [-0.39, 0.29) is 12.3 Å². The first-order chi connectivity index (χ1) is 12.0. The molecule has 7 heteroatoms. The zero-order chi connectivity index (χ0) is 17.8. The van der Waals surface area contributed by atoms with Gasteiger partial charge in [-0.3, -0.25) is 14.3 Å². The second-order valence-electron chi connectivity index (χ2n) is 6.30. The zero-order valence-electron chi connectivity index (χ0n) is 13.7. The monoisotopic (exact) mass is 405 g/mol. The second-order valence-corrected chi connectivity index (χ2v) is 7.21. The van der Waals surface area contributed by atoms with Crippen molar-refractivity contribution in [3.63, 3.8) is 0 Å².